The molecule has 1 aromatic carbocycles. The SMILES string of the molecule is CC(C)c1ccc(C(N)CNC(=O)CNCC2CC2)cc1. The van der Waals surface area contributed by atoms with Gasteiger partial charge in [0.05, 0.1) is 6.54 Å². The highest BCUT2D eigenvalue weighted by Gasteiger charge is 2.20. The molecule has 2 rings (SSSR count). The summed E-state index contributed by atoms with van der Waals surface area (Å²) in [6, 6.07) is 8.17. The Bertz CT molecular complexity index is 452. The molecule has 116 valence electrons. The molecule has 1 aliphatic rings. The van der Waals surface area contributed by atoms with E-state index in [9.17, 15) is 4.79 Å². The summed E-state index contributed by atoms with van der Waals surface area (Å²) >= 11 is 0. The van der Waals surface area contributed by atoms with Crippen LogP contribution in [0.3, 0.4) is 0 Å². The zero-order valence-corrected chi connectivity index (χ0v) is 13.1. The number of carbonyl (C=O) groups excluding carboxylic acids is 1. The molecule has 0 saturated heterocycles. The Kier molecular flexibility index (Phi) is 5.76. The minimum Gasteiger partial charge on any atom is -0.353 e. The van der Waals surface area contributed by atoms with E-state index in [0.29, 0.717) is 19.0 Å². The normalized spacial score (nSPS) is 16.0. The van der Waals surface area contributed by atoms with Gasteiger partial charge in [-0.15, -0.1) is 0 Å². The minimum atomic E-state index is -0.154. The lowest BCUT2D eigenvalue weighted by Gasteiger charge is -2.15. The van der Waals surface area contributed by atoms with E-state index in [0.717, 1.165) is 18.0 Å². The molecule has 0 bridgehead atoms. The van der Waals surface area contributed by atoms with Crippen molar-refractivity contribution < 1.29 is 4.79 Å². The van der Waals surface area contributed by atoms with Gasteiger partial charge in [-0.1, -0.05) is 38.1 Å². The molecule has 1 saturated carbocycles. The average molecular weight is 289 g/mol. The largest absolute Gasteiger partial charge is 0.353 e. The topological polar surface area (TPSA) is 67.1 Å². The van der Waals surface area contributed by atoms with E-state index in [1.807, 2.05) is 0 Å². The molecule has 4 heteroatoms. The second-order valence-electron chi connectivity index (χ2n) is 6.31. The molecule has 1 amide bonds. The zero-order valence-electron chi connectivity index (χ0n) is 13.1. The number of carbonyl (C=O) groups is 1. The zero-order chi connectivity index (χ0) is 15.2. The fourth-order valence-electron chi connectivity index (χ4n) is 2.24. The first-order valence-electron chi connectivity index (χ1n) is 7.89. The maximum Gasteiger partial charge on any atom is 0.234 e. The molecule has 21 heavy (non-hydrogen) atoms. The Morgan fingerprint density at radius 1 is 1.24 bits per heavy atom. The molecule has 1 aliphatic carbocycles. The van der Waals surface area contributed by atoms with E-state index < -0.39 is 0 Å². The summed E-state index contributed by atoms with van der Waals surface area (Å²) in [5.41, 5.74) is 8.49. The molecule has 0 heterocycles. The van der Waals surface area contributed by atoms with Crippen molar-refractivity contribution in [1.82, 2.24) is 10.6 Å². The van der Waals surface area contributed by atoms with E-state index in [1.165, 1.54) is 18.4 Å². The molecule has 1 fully saturated rings. The Morgan fingerprint density at radius 2 is 1.86 bits per heavy atom. The van der Waals surface area contributed by atoms with Crippen molar-refractivity contribution in [3.05, 3.63) is 35.4 Å². The molecular weight excluding hydrogens is 262 g/mol. The standard InChI is InChI=1S/C17H27N3O/c1-12(2)14-5-7-15(8-6-14)16(18)10-20-17(21)11-19-9-13-3-4-13/h5-8,12-13,16,19H,3-4,9-11,18H2,1-2H3,(H,20,21). The van der Waals surface area contributed by atoms with Crippen LogP contribution in [0.25, 0.3) is 0 Å². The summed E-state index contributed by atoms with van der Waals surface area (Å²) in [6.45, 7) is 6.16. The van der Waals surface area contributed by atoms with E-state index in [4.69, 9.17) is 5.73 Å². The van der Waals surface area contributed by atoms with Crippen LogP contribution in [0.4, 0.5) is 0 Å². The van der Waals surface area contributed by atoms with Gasteiger partial charge >= 0.3 is 0 Å². The van der Waals surface area contributed by atoms with Crippen LogP contribution in [0.1, 0.15) is 49.8 Å². The third kappa shape index (κ3) is 5.48. The number of amides is 1. The summed E-state index contributed by atoms with van der Waals surface area (Å²) in [7, 11) is 0. The molecule has 0 spiro atoms. The smallest absolute Gasteiger partial charge is 0.234 e. The van der Waals surface area contributed by atoms with Crippen molar-refractivity contribution >= 4 is 5.91 Å². The Labute approximate surface area is 127 Å². The monoisotopic (exact) mass is 289 g/mol. The highest BCUT2D eigenvalue weighted by atomic mass is 16.1. The van der Waals surface area contributed by atoms with E-state index >= 15 is 0 Å². The van der Waals surface area contributed by atoms with Gasteiger partial charge in [0.2, 0.25) is 5.91 Å². The lowest BCUT2D eigenvalue weighted by Crippen LogP contribution is -2.38. The number of hydrogen-bond acceptors (Lipinski definition) is 3. The van der Waals surface area contributed by atoms with Crippen LogP contribution in [-0.2, 0) is 4.79 Å². The van der Waals surface area contributed by atoms with E-state index in [1.54, 1.807) is 0 Å². The summed E-state index contributed by atoms with van der Waals surface area (Å²) in [6.07, 6.45) is 2.59. The fraction of sp³-hybridized carbons (Fsp3) is 0.588. The quantitative estimate of drug-likeness (QED) is 0.685. The first kappa shape index (κ1) is 16.0. The highest BCUT2D eigenvalue weighted by Crippen LogP contribution is 2.27. The number of nitrogens with two attached hydrogens (primary N) is 1. The van der Waals surface area contributed by atoms with Crippen molar-refractivity contribution in [2.24, 2.45) is 11.7 Å². The molecular formula is C17H27N3O. The Hall–Kier alpha value is -1.39. The molecule has 1 unspecified atom stereocenters. The van der Waals surface area contributed by atoms with Crippen LogP contribution >= 0.6 is 0 Å². The minimum absolute atomic E-state index is 0.0184. The summed E-state index contributed by atoms with van der Waals surface area (Å²) < 4.78 is 0. The molecule has 0 aliphatic heterocycles. The number of rotatable bonds is 8. The molecule has 4 N–H and O–H groups in total. The van der Waals surface area contributed by atoms with Crippen LogP contribution in [0.2, 0.25) is 0 Å². The molecule has 1 aromatic rings. The van der Waals surface area contributed by atoms with Gasteiger partial charge in [0.25, 0.3) is 0 Å². The van der Waals surface area contributed by atoms with Crippen LogP contribution < -0.4 is 16.4 Å². The van der Waals surface area contributed by atoms with Gasteiger partial charge in [0.1, 0.15) is 0 Å². The van der Waals surface area contributed by atoms with Crippen LogP contribution in [0.5, 0.6) is 0 Å². The fourth-order valence-corrected chi connectivity index (χ4v) is 2.24. The Morgan fingerprint density at radius 3 is 2.43 bits per heavy atom. The van der Waals surface area contributed by atoms with Crippen LogP contribution in [-0.4, -0.2) is 25.5 Å². The number of hydrogen-bond donors (Lipinski definition) is 3. The van der Waals surface area contributed by atoms with Crippen LogP contribution in [0.15, 0.2) is 24.3 Å². The molecule has 4 nitrogen and oxygen atoms in total. The summed E-state index contributed by atoms with van der Waals surface area (Å²) in [4.78, 5) is 11.7. The Balaban J connectivity index is 1.69. The maximum atomic E-state index is 11.7. The summed E-state index contributed by atoms with van der Waals surface area (Å²) in [5.74, 6) is 1.33. The van der Waals surface area contributed by atoms with Gasteiger partial charge in [-0.3, -0.25) is 4.79 Å². The van der Waals surface area contributed by atoms with Crippen LogP contribution in [0, 0.1) is 5.92 Å². The first-order chi connectivity index (χ1) is 10.1. The molecule has 1 atom stereocenters. The average Bonchev–Trinajstić information content (AvgIpc) is 3.29. The van der Waals surface area contributed by atoms with Gasteiger partial charge in [0.15, 0.2) is 0 Å². The number of benzene rings is 1. The van der Waals surface area contributed by atoms with Crippen molar-refractivity contribution in [3.8, 4) is 0 Å². The van der Waals surface area contributed by atoms with Crippen molar-refractivity contribution in [2.45, 2.75) is 38.6 Å². The molecule has 0 aromatic heterocycles. The maximum absolute atomic E-state index is 11.7. The predicted molar refractivity (Wildman–Crippen MR) is 86.1 cm³/mol. The lowest BCUT2D eigenvalue weighted by atomic mass is 9.99. The third-order valence-corrected chi connectivity index (χ3v) is 3.97. The number of nitrogens with one attached hydrogen (secondary N) is 2. The highest BCUT2D eigenvalue weighted by molar-refractivity contribution is 5.78. The van der Waals surface area contributed by atoms with Gasteiger partial charge in [-0.05, 0) is 42.3 Å². The van der Waals surface area contributed by atoms with Gasteiger partial charge < -0.3 is 16.4 Å². The van der Waals surface area contributed by atoms with Gasteiger partial charge in [-0.2, -0.15) is 0 Å². The van der Waals surface area contributed by atoms with Gasteiger partial charge in [-0.25, -0.2) is 0 Å². The first-order valence-corrected chi connectivity index (χ1v) is 7.89. The van der Waals surface area contributed by atoms with Gasteiger partial charge in [0, 0.05) is 12.6 Å². The summed E-state index contributed by atoms with van der Waals surface area (Å²) in [5, 5.41) is 6.06. The predicted octanol–water partition coefficient (Wildman–Crippen LogP) is 1.93. The third-order valence-electron chi connectivity index (χ3n) is 3.97. The lowest BCUT2D eigenvalue weighted by molar-refractivity contribution is -0.120. The molecule has 0 radical (unpaired) electrons. The van der Waals surface area contributed by atoms with Crippen molar-refractivity contribution in [1.29, 1.82) is 0 Å². The van der Waals surface area contributed by atoms with Crippen molar-refractivity contribution in [2.75, 3.05) is 19.6 Å². The second-order valence-corrected chi connectivity index (χ2v) is 6.31. The van der Waals surface area contributed by atoms with Crippen molar-refractivity contribution in [3.63, 3.8) is 0 Å². The van der Waals surface area contributed by atoms with E-state index in [2.05, 4.69) is 48.7 Å². The second kappa shape index (κ2) is 7.57. The van der Waals surface area contributed by atoms with E-state index in [-0.39, 0.29) is 11.9 Å².